The fourth-order valence-electron chi connectivity index (χ4n) is 4.75. The van der Waals surface area contributed by atoms with E-state index in [0.29, 0.717) is 18.8 Å². The molecule has 5 rings (SSSR count). The third-order valence-corrected chi connectivity index (χ3v) is 7.69. The first kappa shape index (κ1) is 23.2. The maximum atomic E-state index is 13.1. The number of aryl methyl sites for hydroxylation is 2. The van der Waals surface area contributed by atoms with Gasteiger partial charge in [0, 0.05) is 34.7 Å². The average molecular weight is 484 g/mol. The van der Waals surface area contributed by atoms with Crippen LogP contribution in [0.4, 0.5) is 0 Å². The van der Waals surface area contributed by atoms with Crippen LogP contribution in [0.25, 0.3) is 23.0 Å². The minimum atomic E-state index is 0.209. The standard InChI is InChI=1S/C29H29N3O2S/c1-4-20-5-11-23(12-6-20)32-18-26(21-8-14-25(34-3)15-9-21)31-28(32)17-24(33)13-7-22-10-16-27-29(22)30-19(2)35-27/h4-6,8-9,11-12,14-15,18,22H,1,7,10,13,16-17H2,2-3H3. The molecular weight excluding hydrogens is 454 g/mol. The van der Waals surface area contributed by atoms with Crippen molar-refractivity contribution in [3.05, 3.63) is 88.3 Å². The van der Waals surface area contributed by atoms with Crippen LogP contribution in [0.15, 0.2) is 61.3 Å². The maximum Gasteiger partial charge on any atom is 0.140 e. The highest BCUT2D eigenvalue weighted by Gasteiger charge is 2.27. The van der Waals surface area contributed by atoms with Crippen molar-refractivity contribution < 1.29 is 9.53 Å². The van der Waals surface area contributed by atoms with Gasteiger partial charge in [0.25, 0.3) is 0 Å². The second-order valence-corrected chi connectivity index (χ2v) is 10.3. The van der Waals surface area contributed by atoms with Crippen LogP contribution in [-0.2, 0) is 17.6 Å². The largest absolute Gasteiger partial charge is 0.497 e. The van der Waals surface area contributed by atoms with Crippen LogP contribution in [0.3, 0.4) is 0 Å². The molecule has 0 fully saturated rings. The molecule has 2 aromatic heterocycles. The van der Waals surface area contributed by atoms with E-state index in [1.807, 2.05) is 65.4 Å². The molecule has 35 heavy (non-hydrogen) atoms. The van der Waals surface area contributed by atoms with Crippen LogP contribution in [0, 0.1) is 6.92 Å². The lowest BCUT2D eigenvalue weighted by atomic mass is 9.98. The molecule has 0 N–H and O–H groups in total. The summed E-state index contributed by atoms with van der Waals surface area (Å²) in [5.41, 5.74) is 5.07. The molecule has 0 aliphatic heterocycles. The average Bonchev–Trinajstić information content (AvgIpc) is 3.57. The van der Waals surface area contributed by atoms with Gasteiger partial charge in [-0.2, -0.15) is 0 Å². The van der Waals surface area contributed by atoms with E-state index in [9.17, 15) is 4.79 Å². The predicted molar refractivity (Wildman–Crippen MR) is 142 cm³/mol. The Hall–Kier alpha value is -3.51. The van der Waals surface area contributed by atoms with Crippen molar-refractivity contribution in [2.45, 2.75) is 44.9 Å². The summed E-state index contributed by atoms with van der Waals surface area (Å²) in [7, 11) is 1.66. The van der Waals surface area contributed by atoms with E-state index < -0.39 is 0 Å². The number of ketones is 1. The van der Waals surface area contributed by atoms with Crippen molar-refractivity contribution in [2.75, 3.05) is 7.11 Å². The number of imidazole rings is 1. The lowest BCUT2D eigenvalue weighted by Crippen LogP contribution is -2.10. The molecule has 6 heteroatoms. The molecule has 1 aliphatic rings. The minimum absolute atomic E-state index is 0.209. The Kier molecular flexibility index (Phi) is 6.64. The van der Waals surface area contributed by atoms with Gasteiger partial charge < -0.3 is 9.30 Å². The zero-order valence-electron chi connectivity index (χ0n) is 20.2. The van der Waals surface area contributed by atoms with Gasteiger partial charge in [-0.25, -0.2) is 9.97 Å². The number of aromatic nitrogens is 3. The van der Waals surface area contributed by atoms with E-state index in [4.69, 9.17) is 14.7 Å². The van der Waals surface area contributed by atoms with Gasteiger partial charge in [-0.05, 0) is 68.1 Å². The Morgan fingerprint density at radius 2 is 1.94 bits per heavy atom. The quantitative estimate of drug-likeness (QED) is 0.270. The summed E-state index contributed by atoms with van der Waals surface area (Å²) in [6.07, 6.45) is 7.73. The Balaban J connectivity index is 1.37. The van der Waals surface area contributed by atoms with Gasteiger partial charge in [0.05, 0.1) is 29.9 Å². The molecule has 178 valence electrons. The molecule has 0 bridgehead atoms. The zero-order valence-corrected chi connectivity index (χ0v) is 21.0. The molecular formula is C29H29N3O2S. The Bertz CT molecular complexity index is 1350. The number of fused-ring (bicyclic) bond motifs is 1. The molecule has 4 aromatic rings. The number of ether oxygens (including phenoxy) is 1. The van der Waals surface area contributed by atoms with Crippen molar-refractivity contribution in [3.63, 3.8) is 0 Å². The fourth-order valence-corrected chi connectivity index (χ4v) is 5.78. The van der Waals surface area contributed by atoms with Gasteiger partial charge in [0.15, 0.2) is 0 Å². The Morgan fingerprint density at radius 3 is 2.66 bits per heavy atom. The Labute approximate surface area is 210 Å². The van der Waals surface area contributed by atoms with Gasteiger partial charge >= 0.3 is 0 Å². The molecule has 1 aliphatic carbocycles. The monoisotopic (exact) mass is 483 g/mol. The molecule has 0 saturated carbocycles. The van der Waals surface area contributed by atoms with Crippen molar-refractivity contribution in [1.82, 2.24) is 14.5 Å². The lowest BCUT2D eigenvalue weighted by molar-refractivity contribution is -0.118. The second-order valence-electron chi connectivity index (χ2n) is 8.97. The molecule has 0 amide bonds. The normalized spacial score (nSPS) is 14.6. The first-order valence-electron chi connectivity index (χ1n) is 12.0. The minimum Gasteiger partial charge on any atom is -0.497 e. The van der Waals surface area contributed by atoms with E-state index in [2.05, 4.69) is 13.5 Å². The van der Waals surface area contributed by atoms with Gasteiger partial charge in [-0.15, -0.1) is 11.3 Å². The van der Waals surface area contributed by atoms with E-state index in [1.165, 1.54) is 10.6 Å². The first-order chi connectivity index (χ1) is 17.0. The number of hydrogen-bond acceptors (Lipinski definition) is 5. The van der Waals surface area contributed by atoms with Crippen LogP contribution in [-0.4, -0.2) is 27.4 Å². The molecule has 5 nitrogen and oxygen atoms in total. The van der Waals surface area contributed by atoms with Crippen molar-refractivity contribution in [3.8, 4) is 22.7 Å². The van der Waals surface area contributed by atoms with E-state index in [1.54, 1.807) is 18.4 Å². The number of methoxy groups -OCH3 is 1. The topological polar surface area (TPSA) is 57.0 Å². The van der Waals surface area contributed by atoms with Gasteiger partial charge in [0.1, 0.15) is 17.4 Å². The molecule has 1 unspecified atom stereocenters. The predicted octanol–water partition coefficient (Wildman–Crippen LogP) is 6.58. The van der Waals surface area contributed by atoms with E-state index in [-0.39, 0.29) is 5.78 Å². The number of Topliss-reactive ketones (excluding diaryl/α,β-unsaturated/α-hetero) is 1. The second kappa shape index (κ2) is 10.0. The van der Waals surface area contributed by atoms with Gasteiger partial charge in [-0.1, -0.05) is 24.8 Å². The maximum absolute atomic E-state index is 13.1. The fraction of sp³-hybridized carbons (Fsp3) is 0.276. The highest BCUT2D eigenvalue weighted by atomic mass is 32.1. The zero-order chi connectivity index (χ0) is 24.4. The number of benzene rings is 2. The van der Waals surface area contributed by atoms with Gasteiger partial charge in [0.2, 0.25) is 0 Å². The Morgan fingerprint density at radius 1 is 1.17 bits per heavy atom. The van der Waals surface area contributed by atoms with E-state index in [0.717, 1.165) is 58.4 Å². The van der Waals surface area contributed by atoms with Gasteiger partial charge in [-0.3, -0.25) is 4.79 Å². The number of carbonyl (C=O) groups is 1. The molecule has 0 saturated heterocycles. The molecule has 2 heterocycles. The number of rotatable bonds is 9. The number of thiazole rings is 1. The van der Waals surface area contributed by atoms with Crippen LogP contribution in [0.2, 0.25) is 0 Å². The summed E-state index contributed by atoms with van der Waals surface area (Å²) < 4.78 is 7.32. The third kappa shape index (κ3) is 4.98. The highest BCUT2D eigenvalue weighted by molar-refractivity contribution is 7.11. The summed E-state index contributed by atoms with van der Waals surface area (Å²) in [6, 6.07) is 16.0. The smallest absolute Gasteiger partial charge is 0.140 e. The molecule has 2 aromatic carbocycles. The summed E-state index contributed by atoms with van der Waals surface area (Å²) in [5, 5.41) is 1.13. The first-order valence-corrected chi connectivity index (χ1v) is 12.8. The van der Waals surface area contributed by atoms with Crippen molar-refractivity contribution in [2.24, 2.45) is 0 Å². The number of carbonyl (C=O) groups excluding carboxylic acids is 1. The van der Waals surface area contributed by atoms with Crippen LogP contribution >= 0.6 is 11.3 Å². The van der Waals surface area contributed by atoms with Crippen molar-refractivity contribution >= 4 is 23.2 Å². The summed E-state index contributed by atoms with van der Waals surface area (Å²) in [5.74, 6) is 2.17. The third-order valence-electron chi connectivity index (χ3n) is 6.64. The lowest BCUT2D eigenvalue weighted by Gasteiger charge is -2.10. The molecule has 0 spiro atoms. The molecule has 0 radical (unpaired) electrons. The summed E-state index contributed by atoms with van der Waals surface area (Å²) >= 11 is 1.80. The number of hydrogen-bond donors (Lipinski definition) is 0. The van der Waals surface area contributed by atoms with Crippen LogP contribution in [0.1, 0.15) is 52.1 Å². The summed E-state index contributed by atoms with van der Waals surface area (Å²) in [6.45, 7) is 5.90. The highest BCUT2D eigenvalue weighted by Crippen LogP contribution is 2.39. The van der Waals surface area contributed by atoms with Crippen LogP contribution in [0.5, 0.6) is 5.75 Å². The van der Waals surface area contributed by atoms with Crippen molar-refractivity contribution in [1.29, 1.82) is 0 Å². The van der Waals surface area contributed by atoms with Crippen LogP contribution < -0.4 is 4.74 Å². The molecule has 1 atom stereocenters. The van der Waals surface area contributed by atoms with E-state index >= 15 is 0 Å². The number of nitrogens with zero attached hydrogens (tertiary/aromatic N) is 3. The SMILES string of the molecule is C=Cc1ccc(-n2cc(-c3ccc(OC)cc3)nc2CC(=O)CCC2CCc3sc(C)nc32)cc1. The summed E-state index contributed by atoms with van der Waals surface area (Å²) in [4.78, 5) is 24.1.